The van der Waals surface area contributed by atoms with E-state index < -0.39 is 16.4 Å². The third-order valence-electron chi connectivity index (χ3n) is 5.12. The Hall–Kier alpha value is -2.66. The Morgan fingerprint density at radius 3 is 2.87 bits per heavy atom. The highest BCUT2D eigenvalue weighted by Crippen LogP contribution is 2.27. The van der Waals surface area contributed by atoms with Crippen molar-refractivity contribution in [1.82, 2.24) is 24.3 Å². The van der Waals surface area contributed by atoms with E-state index in [0.717, 1.165) is 37.0 Å². The van der Waals surface area contributed by atoms with Crippen molar-refractivity contribution in [3.05, 3.63) is 42.4 Å². The van der Waals surface area contributed by atoms with Gasteiger partial charge in [0.25, 0.3) is 6.43 Å². The molecule has 1 saturated heterocycles. The second-order valence-electron chi connectivity index (χ2n) is 7.45. The molecule has 1 N–H and O–H groups in total. The van der Waals surface area contributed by atoms with Gasteiger partial charge in [0.1, 0.15) is 11.5 Å². The van der Waals surface area contributed by atoms with Gasteiger partial charge in [0.2, 0.25) is 10.0 Å². The summed E-state index contributed by atoms with van der Waals surface area (Å²) >= 11 is 0. The Balaban J connectivity index is 1.59. The third-order valence-corrected chi connectivity index (χ3v) is 5.82. The number of nitrogens with zero attached hydrogens (tertiary/aromatic N) is 5. The van der Waals surface area contributed by atoms with Crippen LogP contribution in [0.25, 0.3) is 16.9 Å². The van der Waals surface area contributed by atoms with Crippen LogP contribution in [-0.4, -0.2) is 53.9 Å². The zero-order valence-electron chi connectivity index (χ0n) is 16.4. The van der Waals surface area contributed by atoms with Crippen LogP contribution in [0.5, 0.6) is 0 Å². The van der Waals surface area contributed by atoms with Crippen molar-refractivity contribution >= 4 is 21.5 Å². The molecule has 0 unspecified atom stereocenters. The van der Waals surface area contributed by atoms with Gasteiger partial charge in [-0.2, -0.15) is 5.10 Å². The Labute approximate surface area is 173 Å². The van der Waals surface area contributed by atoms with Crippen molar-refractivity contribution in [2.24, 2.45) is 5.92 Å². The first-order valence-corrected chi connectivity index (χ1v) is 11.5. The van der Waals surface area contributed by atoms with Gasteiger partial charge in [0.05, 0.1) is 18.1 Å². The normalized spacial score (nSPS) is 17.7. The van der Waals surface area contributed by atoms with Crippen LogP contribution in [0, 0.1) is 5.92 Å². The van der Waals surface area contributed by atoms with E-state index in [1.807, 2.05) is 6.07 Å². The molecule has 0 spiro atoms. The van der Waals surface area contributed by atoms with E-state index >= 15 is 0 Å². The Morgan fingerprint density at radius 2 is 2.10 bits per heavy atom. The summed E-state index contributed by atoms with van der Waals surface area (Å²) in [6, 6.07) is 6.46. The fourth-order valence-corrected chi connectivity index (χ4v) is 4.20. The van der Waals surface area contributed by atoms with Crippen molar-refractivity contribution < 1.29 is 17.2 Å². The molecule has 1 atom stereocenters. The molecule has 4 heterocycles. The Bertz CT molecular complexity index is 1150. The molecule has 1 aliphatic heterocycles. The monoisotopic (exact) mass is 436 g/mol. The molecule has 1 aliphatic rings. The van der Waals surface area contributed by atoms with E-state index in [0.29, 0.717) is 24.4 Å². The summed E-state index contributed by atoms with van der Waals surface area (Å²) in [5.41, 5.74) is 1.54. The fraction of sp³-hybridized carbons (Fsp3) is 0.421. The van der Waals surface area contributed by atoms with Gasteiger partial charge in [0.15, 0.2) is 5.65 Å². The molecule has 0 amide bonds. The summed E-state index contributed by atoms with van der Waals surface area (Å²) < 4.78 is 52.9. The van der Waals surface area contributed by atoms with Crippen LogP contribution >= 0.6 is 0 Å². The molecule has 3 aromatic rings. The number of nitrogens with one attached hydrogen (secondary N) is 1. The molecule has 0 saturated carbocycles. The number of imidazole rings is 1. The minimum atomic E-state index is -3.23. The molecule has 3 aromatic heterocycles. The molecular formula is C19H22F2N6O2S. The van der Waals surface area contributed by atoms with E-state index in [1.54, 1.807) is 18.5 Å². The summed E-state index contributed by atoms with van der Waals surface area (Å²) in [4.78, 5) is 10.8. The number of anilines is 1. The van der Waals surface area contributed by atoms with E-state index in [2.05, 4.69) is 24.7 Å². The summed E-state index contributed by atoms with van der Waals surface area (Å²) in [7, 11) is -3.23. The van der Waals surface area contributed by atoms with Crippen molar-refractivity contribution in [1.29, 1.82) is 0 Å². The van der Waals surface area contributed by atoms with Crippen LogP contribution in [0.15, 0.2) is 36.7 Å². The summed E-state index contributed by atoms with van der Waals surface area (Å²) in [6.07, 6.45) is 3.62. The lowest BCUT2D eigenvalue weighted by molar-refractivity contribution is 0.144. The topological polar surface area (TPSA) is 92.5 Å². The highest BCUT2D eigenvalue weighted by Gasteiger charge is 2.22. The third kappa shape index (κ3) is 4.57. The fourth-order valence-electron chi connectivity index (χ4n) is 3.66. The molecule has 1 fully saturated rings. The van der Waals surface area contributed by atoms with Crippen molar-refractivity contribution in [3.8, 4) is 11.3 Å². The molecule has 30 heavy (non-hydrogen) atoms. The van der Waals surface area contributed by atoms with E-state index in [9.17, 15) is 17.2 Å². The first kappa shape index (κ1) is 20.6. The molecule has 8 nitrogen and oxygen atoms in total. The van der Waals surface area contributed by atoms with Crippen LogP contribution < -0.4 is 9.62 Å². The van der Waals surface area contributed by atoms with Crippen molar-refractivity contribution in [2.75, 3.05) is 30.8 Å². The molecule has 11 heteroatoms. The minimum Gasteiger partial charge on any atom is -0.356 e. The maximum absolute atomic E-state index is 13.1. The summed E-state index contributed by atoms with van der Waals surface area (Å²) in [6.45, 7) is 1.88. The van der Waals surface area contributed by atoms with E-state index in [4.69, 9.17) is 0 Å². The Kier molecular flexibility index (Phi) is 5.65. The predicted octanol–water partition coefficient (Wildman–Crippen LogP) is 2.49. The molecule has 0 radical (unpaired) electrons. The van der Waals surface area contributed by atoms with Crippen LogP contribution in [0.1, 0.15) is 25.0 Å². The molecule has 0 aromatic carbocycles. The van der Waals surface area contributed by atoms with Gasteiger partial charge in [-0.25, -0.2) is 36.4 Å². The molecular weight excluding hydrogens is 414 g/mol. The van der Waals surface area contributed by atoms with Crippen LogP contribution in [0.2, 0.25) is 0 Å². The highest BCUT2D eigenvalue weighted by molar-refractivity contribution is 7.88. The lowest BCUT2D eigenvalue weighted by atomic mass is 9.98. The van der Waals surface area contributed by atoms with E-state index in [-0.39, 0.29) is 11.6 Å². The van der Waals surface area contributed by atoms with Gasteiger partial charge in [-0.3, -0.25) is 0 Å². The van der Waals surface area contributed by atoms with Crippen LogP contribution in [-0.2, 0) is 10.0 Å². The number of hydrogen-bond donors (Lipinski definition) is 1. The van der Waals surface area contributed by atoms with E-state index in [1.165, 1.54) is 16.6 Å². The number of aromatic nitrogens is 4. The molecule has 0 aliphatic carbocycles. The summed E-state index contributed by atoms with van der Waals surface area (Å²) in [5.74, 6) is 0.932. The second-order valence-corrected chi connectivity index (χ2v) is 9.28. The first-order valence-electron chi connectivity index (χ1n) is 9.59. The molecule has 4 rings (SSSR count). The smallest absolute Gasteiger partial charge is 0.282 e. The SMILES string of the molecule is CS(=O)(=O)NC[C@H]1CCCN(c2cc(-c3cnc4ccc(C(F)F)nn34)ccn2)C1. The number of pyridine rings is 1. The van der Waals surface area contributed by atoms with Gasteiger partial charge < -0.3 is 4.90 Å². The average Bonchev–Trinajstić information content (AvgIpc) is 3.15. The predicted molar refractivity (Wildman–Crippen MR) is 109 cm³/mol. The highest BCUT2D eigenvalue weighted by atomic mass is 32.2. The lowest BCUT2D eigenvalue weighted by Gasteiger charge is -2.33. The number of alkyl halides is 2. The molecule has 160 valence electrons. The summed E-state index contributed by atoms with van der Waals surface area (Å²) in [5, 5.41) is 4.02. The van der Waals surface area contributed by atoms with Gasteiger partial charge in [-0.15, -0.1) is 0 Å². The van der Waals surface area contributed by atoms with Gasteiger partial charge >= 0.3 is 0 Å². The Morgan fingerprint density at radius 1 is 1.27 bits per heavy atom. The number of sulfonamides is 1. The molecule has 0 bridgehead atoms. The first-order chi connectivity index (χ1) is 14.3. The van der Waals surface area contributed by atoms with Crippen LogP contribution in [0.3, 0.4) is 0 Å². The zero-order valence-corrected chi connectivity index (χ0v) is 17.2. The van der Waals surface area contributed by atoms with Gasteiger partial charge in [0, 0.05) is 31.4 Å². The number of piperidine rings is 1. The quantitative estimate of drug-likeness (QED) is 0.638. The van der Waals surface area contributed by atoms with Gasteiger partial charge in [-0.1, -0.05) is 0 Å². The standard InChI is InChI=1S/C19H22F2N6O2S/c1-30(28,29)24-10-13-3-2-8-26(12-13)18-9-14(6-7-22-18)16-11-23-17-5-4-15(19(20)21)25-27(16)17/h4-7,9,11,13,19,24H,2-3,8,10,12H2,1H3/t13-/m1/s1. The minimum absolute atomic E-state index is 0.185. The second kappa shape index (κ2) is 8.23. The lowest BCUT2D eigenvalue weighted by Crippen LogP contribution is -2.41. The number of fused-ring (bicyclic) bond motifs is 1. The average molecular weight is 436 g/mol. The van der Waals surface area contributed by atoms with Crippen LogP contribution in [0.4, 0.5) is 14.6 Å². The zero-order chi connectivity index (χ0) is 21.3. The van der Waals surface area contributed by atoms with Crippen molar-refractivity contribution in [3.63, 3.8) is 0 Å². The maximum Gasteiger partial charge on any atom is 0.282 e. The number of halogens is 2. The largest absolute Gasteiger partial charge is 0.356 e. The number of hydrogen-bond acceptors (Lipinski definition) is 6. The number of rotatable bonds is 6. The van der Waals surface area contributed by atoms with Gasteiger partial charge in [-0.05, 0) is 43.0 Å². The van der Waals surface area contributed by atoms with Crippen molar-refractivity contribution in [2.45, 2.75) is 19.3 Å². The maximum atomic E-state index is 13.1.